The quantitative estimate of drug-likeness (QED) is 0.209. The SMILES string of the molecule is Cc1cc2[nH]nc(C#N)c2c(-c2ccc3c(N4CCCC[C@@](N)(C=C(F)F)C4)nc(OCC45CCCN4CCC5)nc3c2F)c1C(F)(F)F. The Morgan fingerprint density at radius 3 is 2.55 bits per heavy atom. The first-order chi connectivity index (χ1) is 23.3. The number of H-pyrrole nitrogens is 1. The number of aromatic nitrogens is 4. The number of hydrogen-bond donors (Lipinski definition) is 2. The standard InChI is InChI=1S/C34H34F6N8O/c1-19-14-22-26(23(16-41)46-45-22)25(27(19)34(38,39)40)20-6-7-21-29(28(20)37)43-31(49-18-33-9-4-12-48(33)13-5-10-33)44-30(21)47-11-3-2-8-32(42,17-47)15-24(35)36/h6-7,14-15H,2-5,8-13,17-18,42H2,1H3,(H,45,46)/t32-/m1/s1. The van der Waals surface area contributed by atoms with Crippen molar-refractivity contribution in [1.29, 1.82) is 5.26 Å². The topological polar surface area (TPSA) is 120 Å². The van der Waals surface area contributed by atoms with Crippen LogP contribution in [0.4, 0.5) is 32.2 Å². The number of ether oxygens (including phenoxy) is 1. The third-order valence-electron chi connectivity index (χ3n) is 10.3. The van der Waals surface area contributed by atoms with Crippen LogP contribution >= 0.6 is 0 Å². The lowest BCUT2D eigenvalue weighted by molar-refractivity contribution is -0.137. The van der Waals surface area contributed by atoms with Gasteiger partial charge in [0.1, 0.15) is 24.0 Å². The van der Waals surface area contributed by atoms with E-state index in [1.807, 2.05) is 0 Å². The second-order valence-electron chi connectivity index (χ2n) is 13.5. The lowest BCUT2D eigenvalue weighted by Gasteiger charge is -2.32. The predicted molar refractivity (Wildman–Crippen MR) is 171 cm³/mol. The van der Waals surface area contributed by atoms with Crippen LogP contribution in [0.25, 0.3) is 32.9 Å². The van der Waals surface area contributed by atoms with Crippen LogP contribution in [0, 0.1) is 24.1 Å². The average Bonchev–Trinajstić information content (AvgIpc) is 3.70. The van der Waals surface area contributed by atoms with Gasteiger partial charge in [-0.15, -0.1) is 0 Å². The van der Waals surface area contributed by atoms with Gasteiger partial charge in [0.15, 0.2) is 11.5 Å². The van der Waals surface area contributed by atoms with Gasteiger partial charge < -0.3 is 15.4 Å². The first-order valence-corrected chi connectivity index (χ1v) is 16.3. The summed E-state index contributed by atoms with van der Waals surface area (Å²) in [5.74, 6) is -0.910. The second-order valence-corrected chi connectivity index (χ2v) is 13.5. The van der Waals surface area contributed by atoms with Crippen molar-refractivity contribution >= 4 is 27.6 Å². The molecule has 2 aromatic carbocycles. The fraction of sp³-hybridized carbons (Fsp3) is 0.471. The monoisotopic (exact) mass is 684 g/mol. The number of alkyl halides is 3. The fourth-order valence-corrected chi connectivity index (χ4v) is 8.11. The highest BCUT2D eigenvalue weighted by Gasteiger charge is 2.45. The molecule has 0 saturated carbocycles. The van der Waals surface area contributed by atoms with E-state index in [0.717, 1.165) is 44.8 Å². The van der Waals surface area contributed by atoms with Gasteiger partial charge in [0.05, 0.1) is 22.2 Å². The zero-order valence-corrected chi connectivity index (χ0v) is 26.7. The zero-order chi connectivity index (χ0) is 34.7. The summed E-state index contributed by atoms with van der Waals surface area (Å²) in [7, 11) is 0. The van der Waals surface area contributed by atoms with Crippen molar-refractivity contribution in [2.24, 2.45) is 5.73 Å². The molecular formula is C34H34F6N8O. The van der Waals surface area contributed by atoms with Gasteiger partial charge in [-0.25, -0.2) is 4.39 Å². The van der Waals surface area contributed by atoms with Gasteiger partial charge in [0.25, 0.3) is 6.08 Å². The first-order valence-electron chi connectivity index (χ1n) is 16.3. The number of halogens is 6. The minimum absolute atomic E-state index is 0.0751. The summed E-state index contributed by atoms with van der Waals surface area (Å²) in [5, 5.41) is 16.2. The molecule has 15 heteroatoms. The largest absolute Gasteiger partial charge is 0.461 e. The lowest BCUT2D eigenvalue weighted by Crippen LogP contribution is -2.48. The third-order valence-corrected chi connectivity index (χ3v) is 10.3. The molecule has 5 heterocycles. The Morgan fingerprint density at radius 1 is 1.10 bits per heavy atom. The molecular weight excluding hydrogens is 650 g/mol. The number of nitrogens with zero attached hydrogens (tertiary/aromatic N) is 6. The zero-order valence-electron chi connectivity index (χ0n) is 26.7. The third kappa shape index (κ3) is 5.84. The maximum atomic E-state index is 17.0. The number of benzene rings is 2. The van der Waals surface area contributed by atoms with Crippen LogP contribution in [0.2, 0.25) is 0 Å². The van der Waals surface area contributed by atoms with E-state index in [0.29, 0.717) is 19.4 Å². The molecule has 3 fully saturated rings. The molecule has 3 aliphatic heterocycles. The van der Waals surface area contributed by atoms with Crippen molar-refractivity contribution in [2.75, 3.05) is 37.7 Å². The summed E-state index contributed by atoms with van der Waals surface area (Å²) in [6, 6.07) is 5.46. The van der Waals surface area contributed by atoms with Crippen LogP contribution in [0.15, 0.2) is 30.4 Å². The average molecular weight is 685 g/mol. The Morgan fingerprint density at radius 2 is 1.86 bits per heavy atom. The summed E-state index contributed by atoms with van der Waals surface area (Å²) in [6.07, 6.45) is -0.887. The number of aryl methyl sites for hydroxylation is 1. The first kappa shape index (κ1) is 33.1. The second kappa shape index (κ2) is 12.2. The van der Waals surface area contributed by atoms with E-state index in [1.165, 1.54) is 25.1 Å². The molecule has 3 N–H and O–H groups in total. The van der Waals surface area contributed by atoms with Crippen LogP contribution in [-0.4, -0.2) is 68.9 Å². The Balaban J connectivity index is 1.44. The number of fused-ring (bicyclic) bond motifs is 3. The number of nitriles is 1. The summed E-state index contributed by atoms with van der Waals surface area (Å²) < 4.78 is 94.3. The van der Waals surface area contributed by atoms with E-state index < -0.39 is 40.3 Å². The van der Waals surface area contributed by atoms with Gasteiger partial charge in [0, 0.05) is 41.1 Å². The molecule has 4 aromatic rings. The van der Waals surface area contributed by atoms with Gasteiger partial charge in [-0.2, -0.15) is 42.3 Å². The maximum Gasteiger partial charge on any atom is 0.417 e. The van der Waals surface area contributed by atoms with Gasteiger partial charge in [-0.05, 0) is 82.7 Å². The van der Waals surface area contributed by atoms with E-state index in [1.54, 1.807) is 11.0 Å². The van der Waals surface area contributed by atoms with E-state index in [9.17, 15) is 27.2 Å². The summed E-state index contributed by atoms with van der Waals surface area (Å²) in [6.45, 7) is 3.63. The van der Waals surface area contributed by atoms with Crippen LogP contribution in [0.1, 0.15) is 61.8 Å². The van der Waals surface area contributed by atoms with Crippen LogP contribution in [0.5, 0.6) is 6.01 Å². The van der Waals surface area contributed by atoms with E-state index in [2.05, 4.69) is 25.1 Å². The molecule has 0 unspecified atom stereocenters. The highest BCUT2D eigenvalue weighted by molar-refractivity contribution is 6.03. The Bertz CT molecular complexity index is 2010. The Kier molecular flexibility index (Phi) is 8.22. The Hall–Kier alpha value is -4.42. The molecule has 7 rings (SSSR count). The molecule has 3 saturated heterocycles. The molecule has 1 atom stereocenters. The number of nitrogens with one attached hydrogen (secondary N) is 1. The fourth-order valence-electron chi connectivity index (χ4n) is 8.11. The molecule has 3 aliphatic rings. The summed E-state index contributed by atoms with van der Waals surface area (Å²) >= 11 is 0. The molecule has 0 aliphatic carbocycles. The summed E-state index contributed by atoms with van der Waals surface area (Å²) in [4.78, 5) is 13.2. The number of aromatic amines is 1. The highest BCUT2D eigenvalue weighted by atomic mass is 19.4. The Labute approximate surface area is 277 Å². The van der Waals surface area contributed by atoms with Gasteiger partial charge >= 0.3 is 12.2 Å². The molecule has 2 aromatic heterocycles. The number of anilines is 1. The predicted octanol–water partition coefficient (Wildman–Crippen LogP) is 6.99. The molecule has 0 amide bonds. The minimum atomic E-state index is -4.91. The molecule has 9 nitrogen and oxygen atoms in total. The number of hydrogen-bond acceptors (Lipinski definition) is 8. The summed E-state index contributed by atoms with van der Waals surface area (Å²) in [5.41, 5.74) is 2.03. The van der Waals surface area contributed by atoms with E-state index in [4.69, 9.17) is 10.5 Å². The number of nitrogens with two attached hydrogens (primary N) is 1. The van der Waals surface area contributed by atoms with Crippen molar-refractivity contribution < 1.29 is 31.1 Å². The van der Waals surface area contributed by atoms with Crippen LogP contribution in [0.3, 0.4) is 0 Å². The van der Waals surface area contributed by atoms with E-state index in [-0.39, 0.29) is 70.0 Å². The molecule has 258 valence electrons. The number of rotatable bonds is 6. The van der Waals surface area contributed by atoms with Crippen molar-refractivity contribution in [1.82, 2.24) is 25.1 Å². The van der Waals surface area contributed by atoms with Crippen molar-refractivity contribution in [3.8, 4) is 23.2 Å². The van der Waals surface area contributed by atoms with Crippen molar-refractivity contribution in [3.05, 3.63) is 53.0 Å². The normalized spacial score (nSPS) is 21.2. The van der Waals surface area contributed by atoms with Gasteiger partial charge in [-0.3, -0.25) is 10.00 Å². The highest BCUT2D eigenvalue weighted by Crippen LogP contribution is 2.46. The minimum Gasteiger partial charge on any atom is -0.461 e. The lowest BCUT2D eigenvalue weighted by atomic mass is 9.90. The van der Waals surface area contributed by atoms with Crippen LogP contribution in [-0.2, 0) is 6.18 Å². The van der Waals surface area contributed by atoms with Crippen molar-refractivity contribution in [3.63, 3.8) is 0 Å². The van der Waals surface area contributed by atoms with E-state index >= 15 is 4.39 Å². The van der Waals surface area contributed by atoms with Crippen molar-refractivity contribution in [2.45, 2.75) is 69.1 Å². The van der Waals surface area contributed by atoms with Gasteiger partial charge in [0.2, 0.25) is 0 Å². The smallest absolute Gasteiger partial charge is 0.417 e. The molecule has 0 radical (unpaired) electrons. The molecule has 0 bridgehead atoms. The van der Waals surface area contributed by atoms with Gasteiger partial charge in [-0.1, -0.05) is 6.07 Å². The molecule has 49 heavy (non-hydrogen) atoms. The van der Waals surface area contributed by atoms with Crippen LogP contribution < -0.4 is 15.4 Å². The maximum absolute atomic E-state index is 17.0. The molecule has 0 spiro atoms.